The lowest BCUT2D eigenvalue weighted by Gasteiger charge is -2.27. The number of anilines is 4. The summed E-state index contributed by atoms with van der Waals surface area (Å²) in [5, 5.41) is 27.7. The van der Waals surface area contributed by atoms with Crippen LogP contribution in [0.25, 0.3) is 0 Å². The van der Waals surface area contributed by atoms with Crippen molar-refractivity contribution in [2.24, 2.45) is 0 Å². The molecule has 244 valence electrons. The molecule has 0 spiro atoms. The summed E-state index contributed by atoms with van der Waals surface area (Å²) in [6.07, 6.45) is 10.2. The Hall–Kier alpha value is -3.00. The van der Waals surface area contributed by atoms with Crippen molar-refractivity contribution in [3.63, 3.8) is 0 Å². The third-order valence-corrected chi connectivity index (χ3v) is 10.2. The van der Waals surface area contributed by atoms with Crippen LogP contribution in [0.3, 0.4) is 0 Å². The van der Waals surface area contributed by atoms with Crippen molar-refractivity contribution in [3.8, 4) is 0 Å². The van der Waals surface area contributed by atoms with E-state index in [2.05, 4.69) is 30.6 Å². The van der Waals surface area contributed by atoms with Crippen LogP contribution in [0.4, 0.5) is 23.5 Å². The van der Waals surface area contributed by atoms with Crippen molar-refractivity contribution >= 4 is 70.3 Å². The summed E-state index contributed by atoms with van der Waals surface area (Å²) in [4.78, 5) is 20.8. The Bertz CT molecular complexity index is 1560. The minimum absolute atomic E-state index is 0.175. The van der Waals surface area contributed by atoms with Gasteiger partial charge in [-0.2, -0.15) is 9.97 Å². The maximum Gasteiger partial charge on any atom is 0.221 e. The van der Waals surface area contributed by atoms with Gasteiger partial charge in [-0.25, -0.2) is 9.97 Å². The van der Waals surface area contributed by atoms with E-state index in [1.807, 2.05) is 48.5 Å². The highest BCUT2D eigenvalue weighted by Gasteiger charge is 2.22. The smallest absolute Gasteiger partial charge is 0.221 e. The number of nitrogens with one attached hydrogen (secondary N) is 2. The summed E-state index contributed by atoms with van der Waals surface area (Å²) in [6.45, 7) is 0. The molecule has 2 fully saturated rings. The number of benzene rings is 2. The molecular weight excluding hydrogens is 663 g/mol. The molecule has 2 aliphatic carbocycles. The topological polar surface area (TPSA) is 168 Å². The number of nitrogens with zero attached hydrogens (tertiary/aromatic N) is 4. The zero-order chi connectivity index (χ0) is 32.5. The maximum absolute atomic E-state index is 9.83. The van der Waals surface area contributed by atoms with Crippen LogP contribution >= 0.6 is 46.7 Å². The fourth-order valence-corrected chi connectivity index (χ4v) is 7.20. The molecule has 8 N–H and O–H groups in total. The first-order valence-corrected chi connectivity index (χ1v) is 17.6. The van der Waals surface area contributed by atoms with Gasteiger partial charge in [0.05, 0.1) is 22.0 Å². The van der Waals surface area contributed by atoms with Gasteiger partial charge in [0.2, 0.25) is 11.9 Å². The minimum Gasteiger partial charge on any atom is -0.393 e. The van der Waals surface area contributed by atoms with Crippen molar-refractivity contribution in [2.75, 3.05) is 22.1 Å². The van der Waals surface area contributed by atoms with Crippen LogP contribution in [0.2, 0.25) is 10.0 Å². The molecule has 2 aliphatic rings. The lowest BCUT2D eigenvalue weighted by Crippen LogP contribution is -2.30. The Labute approximate surface area is 287 Å². The Balaban J connectivity index is 0.000000181. The molecule has 0 amide bonds. The Morgan fingerprint density at radius 2 is 1.11 bits per heavy atom. The Morgan fingerprint density at radius 3 is 1.59 bits per heavy atom. The second-order valence-electron chi connectivity index (χ2n) is 11.3. The second-order valence-corrected chi connectivity index (χ2v) is 14.4. The SMILES string of the molecule is Nc1ncc(Sc2ccc(Cl)cc2)c(N[C@H]2CCC[C@@H](O)C2)n1.Nc1ncc(Sc2ccc(Cl)cc2)c(N[C@H]2CC[C@@H](O)CC2)n1. The first-order chi connectivity index (χ1) is 22.2. The number of aliphatic hydroxyl groups excluding tert-OH is 2. The van der Waals surface area contributed by atoms with Crippen molar-refractivity contribution in [1.82, 2.24) is 19.9 Å². The van der Waals surface area contributed by atoms with E-state index in [9.17, 15) is 10.2 Å². The van der Waals surface area contributed by atoms with E-state index in [0.29, 0.717) is 16.1 Å². The van der Waals surface area contributed by atoms with E-state index < -0.39 is 0 Å². The highest BCUT2D eigenvalue weighted by atomic mass is 35.5. The molecule has 0 radical (unpaired) electrons. The van der Waals surface area contributed by atoms with Crippen molar-refractivity contribution in [3.05, 3.63) is 71.0 Å². The lowest BCUT2D eigenvalue weighted by molar-refractivity contribution is 0.124. The van der Waals surface area contributed by atoms with Gasteiger partial charge in [0.25, 0.3) is 0 Å². The number of hydrogen-bond acceptors (Lipinski definition) is 12. The summed E-state index contributed by atoms with van der Waals surface area (Å²) in [5.74, 6) is 1.96. The normalized spacial score (nSPS) is 21.1. The molecule has 0 saturated heterocycles. The first kappa shape index (κ1) is 34.3. The Kier molecular flexibility index (Phi) is 12.5. The highest BCUT2D eigenvalue weighted by molar-refractivity contribution is 7.99. The maximum atomic E-state index is 9.83. The van der Waals surface area contributed by atoms with Gasteiger partial charge in [0.1, 0.15) is 11.6 Å². The highest BCUT2D eigenvalue weighted by Crippen LogP contribution is 2.35. The van der Waals surface area contributed by atoms with Gasteiger partial charge >= 0.3 is 0 Å². The molecule has 0 bridgehead atoms. The molecule has 14 heteroatoms. The number of hydrogen-bond donors (Lipinski definition) is 6. The quantitative estimate of drug-likeness (QED) is 0.110. The molecular formula is C32H38Cl2N8O2S2. The molecule has 46 heavy (non-hydrogen) atoms. The van der Waals surface area contributed by atoms with Crippen LogP contribution in [0.1, 0.15) is 51.4 Å². The second kappa shape index (κ2) is 16.7. The third kappa shape index (κ3) is 10.5. The summed E-state index contributed by atoms with van der Waals surface area (Å²) in [6, 6.07) is 15.8. The number of nitrogens with two attached hydrogens (primary N) is 2. The number of halogens is 2. The molecule has 2 aromatic heterocycles. The molecule has 10 nitrogen and oxygen atoms in total. The van der Waals surface area contributed by atoms with Gasteiger partial charge < -0.3 is 32.3 Å². The molecule has 6 rings (SSSR count). The summed E-state index contributed by atoms with van der Waals surface area (Å²) in [7, 11) is 0. The predicted molar refractivity (Wildman–Crippen MR) is 188 cm³/mol. The molecule has 2 atom stereocenters. The summed E-state index contributed by atoms with van der Waals surface area (Å²) in [5.41, 5.74) is 11.5. The average molecular weight is 702 g/mol. The first-order valence-electron chi connectivity index (χ1n) is 15.2. The summed E-state index contributed by atoms with van der Waals surface area (Å²) >= 11 is 15.0. The largest absolute Gasteiger partial charge is 0.393 e. The molecule has 0 aliphatic heterocycles. The lowest BCUT2D eigenvalue weighted by atomic mass is 9.93. The monoisotopic (exact) mass is 700 g/mol. The van der Waals surface area contributed by atoms with Gasteiger partial charge in [0.15, 0.2) is 0 Å². The van der Waals surface area contributed by atoms with Gasteiger partial charge in [-0.3, -0.25) is 0 Å². The van der Waals surface area contributed by atoms with Gasteiger partial charge in [-0.05, 0) is 99.9 Å². The van der Waals surface area contributed by atoms with Crippen LogP contribution in [0.15, 0.2) is 80.5 Å². The number of nitrogen functional groups attached to an aromatic ring is 2. The van der Waals surface area contributed by atoms with E-state index in [-0.39, 0.29) is 30.1 Å². The van der Waals surface area contributed by atoms with Gasteiger partial charge in [-0.15, -0.1) is 0 Å². The predicted octanol–water partition coefficient (Wildman–Crippen LogP) is 7.16. The molecule has 2 heterocycles. The van der Waals surface area contributed by atoms with E-state index in [1.165, 1.54) is 0 Å². The van der Waals surface area contributed by atoms with E-state index in [0.717, 1.165) is 82.6 Å². The molecule has 0 unspecified atom stereocenters. The number of aliphatic hydroxyl groups is 2. The van der Waals surface area contributed by atoms with E-state index in [4.69, 9.17) is 34.7 Å². The Morgan fingerprint density at radius 1 is 0.630 bits per heavy atom. The third-order valence-electron chi connectivity index (χ3n) is 7.66. The fourth-order valence-electron chi connectivity index (χ4n) is 5.29. The molecule has 4 aromatic rings. The van der Waals surface area contributed by atoms with Crippen LogP contribution in [-0.4, -0.2) is 54.4 Å². The molecule has 2 saturated carbocycles. The van der Waals surface area contributed by atoms with Crippen molar-refractivity contribution in [2.45, 2.75) is 95.2 Å². The minimum atomic E-state index is -0.243. The van der Waals surface area contributed by atoms with Gasteiger partial charge in [0, 0.05) is 44.3 Å². The van der Waals surface area contributed by atoms with Crippen LogP contribution in [0.5, 0.6) is 0 Å². The number of aromatic nitrogens is 4. The standard InChI is InChI=1S/2C16H19ClN4OS/c17-10-1-7-13(8-2-10)23-14-9-19-16(18)21-15(14)20-11-3-5-12(22)6-4-11;17-10-4-6-13(7-5-10)23-14-9-19-16(18)21-15(14)20-11-2-1-3-12(22)8-11/h1-2,7-9,11-12,22H,3-6H2,(H3,18,19,20,21);4-7,9,11-12,22H,1-3,8H2,(H3,18,19,20,21)/t2*11-,12+/m.0/s1. The van der Waals surface area contributed by atoms with Crippen molar-refractivity contribution < 1.29 is 10.2 Å². The zero-order valence-electron chi connectivity index (χ0n) is 25.2. The van der Waals surface area contributed by atoms with Crippen LogP contribution in [-0.2, 0) is 0 Å². The fraction of sp³-hybridized carbons (Fsp3) is 0.375. The number of rotatable bonds is 8. The van der Waals surface area contributed by atoms with Crippen molar-refractivity contribution in [1.29, 1.82) is 0 Å². The van der Waals surface area contributed by atoms with Crippen LogP contribution in [0, 0.1) is 0 Å². The zero-order valence-corrected chi connectivity index (χ0v) is 28.3. The van der Waals surface area contributed by atoms with Crippen LogP contribution < -0.4 is 22.1 Å². The van der Waals surface area contributed by atoms with E-state index >= 15 is 0 Å². The summed E-state index contributed by atoms with van der Waals surface area (Å²) < 4.78 is 0. The average Bonchev–Trinajstić information content (AvgIpc) is 3.03. The van der Waals surface area contributed by atoms with Gasteiger partial charge in [-0.1, -0.05) is 46.7 Å². The molecule has 2 aromatic carbocycles. The van der Waals surface area contributed by atoms with E-state index in [1.54, 1.807) is 35.9 Å².